The number of ether oxygens (including phenoxy) is 2. The zero-order chi connectivity index (χ0) is 14.7. The van der Waals surface area contributed by atoms with Gasteiger partial charge in [-0.25, -0.2) is 0 Å². The van der Waals surface area contributed by atoms with Gasteiger partial charge in [-0.2, -0.15) is 11.8 Å². The standard InChI is InChI=1S/C15H19BrO2S2/c1-9-7-11(16)15(20-9)14(18-3)10-5-6-12(17-2)13(8-10)19-4/h5-7,13-14H,8H2,1-4H3. The van der Waals surface area contributed by atoms with Crippen molar-refractivity contribution in [2.24, 2.45) is 0 Å². The van der Waals surface area contributed by atoms with Gasteiger partial charge in [-0.3, -0.25) is 0 Å². The number of halogens is 1. The van der Waals surface area contributed by atoms with Crippen LogP contribution in [0.3, 0.4) is 0 Å². The molecule has 5 heteroatoms. The molecule has 110 valence electrons. The summed E-state index contributed by atoms with van der Waals surface area (Å²) in [4.78, 5) is 2.53. The van der Waals surface area contributed by atoms with Crippen LogP contribution in [0.4, 0.5) is 0 Å². The summed E-state index contributed by atoms with van der Waals surface area (Å²) in [6.07, 6.45) is 7.31. The van der Waals surface area contributed by atoms with Gasteiger partial charge in [0.2, 0.25) is 0 Å². The normalized spacial score (nSPS) is 20.4. The molecule has 0 aromatic carbocycles. The monoisotopic (exact) mass is 374 g/mol. The zero-order valence-corrected chi connectivity index (χ0v) is 15.3. The van der Waals surface area contributed by atoms with Crippen LogP contribution in [0.25, 0.3) is 0 Å². The second-order valence-electron chi connectivity index (χ2n) is 4.63. The van der Waals surface area contributed by atoms with E-state index in [1.54, 1.807) is 25.6 Å². The first kappa shape index (κ1) is 16.1. The van der Waals surface area contributed by atoms with Crippen LogP contribution in [-0.2, 0) is 9.47 Å². The van der Waals surface area contributed by atoms with Crippen molar-refractivity contribution in [1.82, 2.24) is 0 Å². The summed E-state index contributed by atoms with van der Waals surface area (Å²) in [5, 5.41) is 0.373. The van der Waals surface area contributed by atoms with E-state index in [9.17, 15) is 0 Å². The van der Waals surface area contributed by atoms with Crippen molar-refractivity contribution in [2.75, 3.05) is 20.5 Å². The number of hydrogen-bond acceptors (Lipinski definition) is 4. The second-order valence-corrected chi connectivity index (χ2v) is 7.81. The molecular formula is C15H19BrO2S2. The maximum Gasteiger partial charge on any atom is 0.114 e. The van der Waals surface area contributed by atoms with Crippen LogP contribution in [0, 0.1) is 6.92 Å². The van der Waals surface area contributed by atoms with Crippen molar-refractivity contribution in [3.05, 3.63) is 43.8 Å². The smallest absolute Gasteiger partial charge is 0.114 e. The molecule has 1 aliphatic rings. The van der Waals surface area contributed by atoms with E-state index in [0.29, 0.717) is 5.25 Å². The van der Waals surface area contributed by atoms with Gasteiger partial charge >= 0.3 is 0 Å². The van der Waals surface area contributed by atoms with Crippen molar-refractivity contribution < 1.29 is 9.47 Å². The lowest BCUT2D eigenvalue weighted by molar-refractivity contribution is 0.131. The predicted molar refractivity (Wildman–Crippen MR) is 91.6 cm³/mol. The number of methoxy groups -OCH3 is 2. The third-order valence-corrected chi connectivity index (χ3v) is 6.35. The summed E-state index contributed by atoms with van der Waals surface area (Å²) >= 11 is 7.24. The highest BCUT2D eigenvalue weighted by atomic mass is 79.9. The number of hydrogen-bond donors (Lipinski definition) is 0. The Bertz CT molecular complexity index is 534. The Morgan fingerprint density at radius 3 is 2.65 bits per heavy atom. The molecule has 1 aromatic rings. The summed E-state index contributed by atoms with van der Waals surface area (Å²) in [5.41, 5.74) is 1.30. The topological polar surface area (TPSA) is 18.5 Å². The highest BCUT2D eigenvalue weighted by Gasteiger charge is 2.27. The molecule has 1 aliphatic carbocycles. The van der Waals surface area contributed by atoms with Crippen molar-refractivity contribution in [1.29, 1.82) is 0 Å². The van der Waals surface area contributed by atoms with Gasteiger partial charge in [0.15, 0.2) is 0 Å². The first-order valence-electron chi connectivity index (χ1n) is 6.36. The Morgan fingerprint density at radius 2 is 2.15 bits per heavy atom. The van der Waals surface area contributed by atoms with Crippen LogP contribution in [0.1, 0.15) is 22.3 Å². The second kappa shape index (κ2) is 7.16. The van der Waals surface area contributed by atoms with Crippen molar-refractivity contribution >= 4 is 39.0 Å². The molecule has 0 fully saturated rings. The third-order valence-electron chi connectivity index (χ3n) is 3.37. The van der Waals surface area contributed by atoms with Gasteiger partial charge in [-0.05, 0) is 53.2 Å². The van der Waals surface area contributed by atoms with Crippen molar-refractivity contribution in [3.8, 4) is 0 Å². The molecule has 0 amide bonds. The number of thiophene rings is 1. The lowest BCUT2D eigenvalue weighted by Crippen LogP contribution is -2.16. The molecule has 2 nitrogen and oxygen atoms in total. The maximum absolute atomic E-state index is 5.76. The number of rotatable bonds is 5. The van der Waals surface area contributed by atoms with Crippen molar-refractivity contribution in [3.63, 3.8) is 0 Å². The van der Waals surface area contributed by atoms with Crippen molar-refractivity contribution in [2.45, 2.75) is 24.7 Å². The lowest BCUT2D eigenvalue weighted by atomic mass is 9.97. The molecule has 0 N–H and O–H groups in total. The summed E-state index contributed by atoms with van der Waals surface area (Å²) in [5.74, 6) is 1.04. The summed E-state index contributed by atoms with van der Waals surface area (Å²) in [6, 6.07) is 2.15. The van der Waals surface area contributed by atoms with E-state index in [4.69, 9.17) is 9.47 Å². The Morgan fingerprint density at radius 1 is 1.40 bits per heavy atom. The average Bonchev–Trinajstić information content (AvgIpc) is 2.78. The highest BCUT2D eigenvalue weighted by Crippen LogP contribution is 2.41. The summed E-state index contributed by atoms with van der Waals surface area (Å²) in [6.45, 7) is 2.12. The van der Waals surface area contributed by atoms with E-state index in [1.807, 2.05) is 11.8 Å². The highest BCUT2D eigenvalue weighted by molar-refractivity contribution is 9.10. The van der Waals surface area contributed by atoms with Gasteiger partial charge in [0.1, 0.15) is 11.9 Å². The minimum absolute atomic E-state index is 0.0207. The van der Waals surface area contributed by atoms with E-state index in [0.717, 1.165) is 16.7 Å². The van der Waals surface area contributed by atoms with Gasteiger partial charge in [0.05, 0.1) is 17.2 Å². The first-order valence-corrected chi connectivity index (χ1v) is 9.26. The van der Waals surface area contributed by atoms with Gasteiger partial charge in [0, 0.05) is 16.5 Å². The van der Waals surface area contributed by atoms with Gasteiger partial charge in [-0.1, -0.05) is 6.08 Å². The minimum Gasteiger partial charge on any atom is -0.500 e. The van der Waals surface area contributed by atoms with E-state index >= 15 is 0 Å². The minimum atomic E-state index is 0.0207. The number of allylic oxidation sites excluding steroid dienone is 2. The maximum atomic E-state index is 5.76. The average molecular weight is 375 g/mol. The Labute approximate surface area is 137 Å². The molecule has 0 aliphatic heterocycles. The van der Waals surface area contributed by atoms with E-state index in [-0.39, 0.29) is 6.10 Å². The zero-order valence-electron chi connectivity index (χ0n) is 12.1. The van der Waals surface area contributed by atoms with E-state index < -0.39 is 0 Å². The van der Waals surface area contributed by atoms with Crippen LogP contribution in [0.2, 0.25) is 0 Å². The third kappa shape index (κ3) is 3.32. The SMILES string of the molecule is COC1=CC=C(C(OC)c2sc(C)cc2Br)CC1SC. The molecule has 20 heavy (non-hydrogen) atoms. The molecule has 0 saturated carbocycles. The number of thioether (sulfide) groups is 1. The Kier molecular flexibility index (Phi) is 5.78. The fraction of sp³-hybridized carbons (Fsp3) is 0.467. The summed E-state index contributed by atoms with van der Waals surface area (Å²) in [7, 11) is 3.51. The van der Waals surface area contributed by atoms with Gasteiger partial charge < -0.3 is 9.47 Å². The molecule has 0 bridgehead atoms. The molecule has 0 radical (unpaired) electrons. The quantitative estimate of drug-likeness (QED) is 0.714. The molecular weight excluding hydrogens is 356 g/mol. The molecule has 2 atom stereocenters. The van der Waals surface area contributed by atoms with Crippen LogP contribution in [-0.4, -0.2) is 25.7 Å². The molecule has 0 spiro atoms. The lowest BCUT2D eigenvalue weighted by Gasteiger charge is -2.26. The van der Waals surface area contributed by atoms with Gasteiger partial charge in [0.25, 0.3) is 0 Å². The number of aryl methyl sites for hydroxylation is 1. The fourth-order valence-corrected chi connectivity index (χ4v) is 5.13. The van der Waals surface area contributed by atoms with Crippen LogP contribution < -0.4 is 0 Å². The largest absolute Gasteiger partial charge is 0.500 e. The Hall–Kier alpha value is -0.230. The molecule has 2 unspecified atom stereocenters. The Balaban J connectivity index is 2.31. The first-order chi connectivity index (χ1) is 9.60. The van der Waals surface area contributed by atoms with E-state index in [2.05, 4.69) is 47.3 Å². The van der Waals surface area contributed by atoms with Gasteiger partial charge in [-0.15, -0.1) is 11.3 Å². The van der Waals surface area contributed by atoms with E-state index in [1.165, 1.54) is 15.3 Å². The molecule has 2 rings (SSSR count). The summed E-state index contributed by atoms with van der Waals surface area (Å²) < 4.78 is 12.3. The molecule has 1 heterocycles. The van der Waals surface area contributed by atoms with Crippen LogP contribution >= 0.6 is 39.0 Å². The molecule has 0 saturated heterocycles. The molecule has 1 aromatic heterocycles. The van der Waals surface area contributed by atoms with Crippen LogP contribution in [0.15, 0.2) is 34.0 Å². The predicted octanol–water partition coefficient (Wildman–Crippen LogP) is 5.10. The fourth-order valence-electron chi connectivity index (χ4n) is 2.38. The van der Waals surface area contributed by atoms with Crippen LogP contribution in [0.5, 0.6) is 0 Å².